The van der Waals surface area contributed by atoms with Gasteiger partial charge in [0.25, 0.3) is 5.91 Å². The van der Waals surface area contributed by atoms with E-state index >= 15 is 0 Å². The highest BCUT2D eigenvalue weighted by Gasteiger charge is 2.36. The smallest absolute Gasteiger partial charge is 0.272 e. The first-order chi connectivity index (χ1) is 17.6. The van der Waals surface area contributed by atoms with Crippen molar-refractivity contribution in [1.82, 2.24) is 4.98 Å². The number of H-pyrrole nitrogens is 1. The summed E-state index contributed by atoms with van der Waals surface area (Å²) < 4.78 is 10.6. The van der Waals surface area contributed by atoms with Gasteiger partial charge in [0, 0.05) is 35.7 Å². The Labute approximate surface area is 208 Å². The predicted octanol–water partition coefficient (Wildman–Crippen LogP) is 4.00. The van der Waals surface area contributed by atoms with Crippen LogP contribution in [0.3, 0.4) is 0 Å². The minimum atomic E-state index is -1.13. The molecule has 1 atom stereocenters. The Balaban J connectivity index is 1.68. The lowest BCUT2D eigenvalue weighted by atomic mass is 10.0. The molecule has 0 fully saturated rings. The average molecular weight is 483 g/mol. The van der Waals surface area contributed by atoms with E-state index in [1.54, 1.807) is 19.1 Å². The first-order valence-electron chi connectivity index (χ1n) is 11.6. The third-order valence-corrected chi connectivity index (χ3v) is 6.22. The fourth-order valence-corrected chi connectivity index (χ4v) is 4.44. The number of nitrogens with one attached hydrogen (secondary N) is 1. The number of aromatic amines is 1. The standard InChI is InChI=1S/C28H26N4O4/c1-35-15-14-31-24-11-7-6-10-22(24)26(19-8-4-3-5-9-19)30-27(28(31)34)32(18-33)25-17-20-16-21(36-2)12-13-23(20)29-25/h3-13,16-18,27,29H,14-15H2,1-2H3. The third kappa shape index (κ3) is 4.23. The summed E-state index contributed by atoms with van der Waals surface area (Å²) in [6, 6.07) is 24.7. The van der Waals surface area contributed by atoms with Crippen molar-refractivity contribution < 1.29 is 19.1 Å². The Kier molecular flexibility index (Phi) is 6.51. The summed E-state index contributed by atoms with van der Waals surface area (Å²) in [4.78, 5) is 37.7. The van der Waals surface area contributed by atoms with Crippen LogP contribution < -0.4 is 14.5 Å². The molecule has 1 aliphatic heterocycles. The third-order valence-electron chi connectivity index (χ3n) is 6.22. The minimum Gasteiger partial charge on any atom is -0.497 e. The van der Waals surface area contributed by atoms with Gasteiger partial charge < -0.3 is 19.4 Å². The summed E-state index contributed by atoms with van der Waals surface area (Å²) in [6.45, 7) is 0.651. The number of aromatic nitrogens is 1. The van der Waals surface area contributed by atoms with Crippen LogP contribution in [0, 0.1) is 0 Å². The van der Waals surface area contributed by atoms with Crippen LogP contribution in [0.15, 0.2) is 83.9 Å². The lowest BCUT2D eigenvalue weighted by Crippen LogP contribution is -2.48. The summed E-state index contributed by atoms with van der Waals surface area (Å²) in [6.07, 6.45) is -0.488. The summed E-state index contributed by atoms with van der Waals surface area (Å²) >= 11 is 0. The maximum atomic E-state index is 14.0. The van der Waals surface area contributed by atoms with Crippen LogP contribution in [0.4, 0.5) is 11.5 Å². The monoisotopic (exact) mass is 482 g/mol. The molecule has 0 radical (unpaired) electrons. The van der Waals surface area contributed by atoms with Gasteiger partial charge in [-0.15, -0.1) is 0 Å². The second kappa shape index (κ2) is 10.1. The molecule has 8 nitrogen and oxygen atoms in total. The topological polar surface area (TPSA) is 87.2 Å². The number of rotatable bonds is 8. The van der Waals surface area contributed by atoms with Crippen LogP contribution in [0.5, 0.6) is 5.75 Å². The second-order valence-corrected chi connectivity index (χ2v) is 8.34. The number of fused-ring (bicyclic) bond motifs is 2. The molecule has 2 heterocycles. The van der Waals surface area contributed by atoms with Gasteiger partial charge in [-0.05, 0) is 30.3 Å². The first-order valence-corrected chi connectivity index (χ1v) is 11.6. The predicted molar refractivity (Wildman–Crippen MR) is 140 cm³/mol. The average Bonchev–Trinajstić information content (AvgIpc) is 3.29. The minimum absolute atomic E-state index is 0.317. The number of hydrogen-bond acceptors (Lipinski definition) is 5. The van der Waals surface area contributed by atoms with Crippen molar-refractivity contribution in [3.8, 4) is 5.75 Å². The number of benzodiazepines with no additional fused rings is 1. The van der Waals surface area contributed by atoms with Gasteiger partial charge in [0.1, 0.15) is 11.6 Å². The zero-order valence-electron chi connectivity index (χ0n) is 20.0. The molecule has 1 aromatic heterocycles. The molecule has 5 rings (SSSR count). The zero-order valence-corrected chi connectivity index (χ0v) is 20.0. The fraction of sp³-hybridized carbons (Fsp3) is 0.179. The van der Waals surface area contributed by atoms with Gasteiger partial charge in [0.2, 0.25) is 12.6 Å². The van der Waals surface area contributed by atoms with E-state index in [4.69, 9.17) is 14.5 Å². The van der Waals surface area contributed by atoms with Crippen molar-refractivity contribution in [1.29, 1.82) is 0 Å². The summed E-state index contributed by atoms with van der Waals surface area (Å²) in [5, 5.41) is 0.851. The molecule has 36 heavy (non-hydrogen) atoms. The molecule has 182 valence electrons. The number of amides is 2. The van der Waals surface area contributed by atoms with Crippen molar-refractivity contribution in [3.05, 3.63) is 90.0 Å². The number of aliphatic imine (C=N–C) groups is 1. The van der Waals surface area contributed by atoms with Gasteiger partial charge in [-0.2, -0.15) is 0 Å². The largest absolute Gasteiger partial charge is 0.497 e. The molecule has 3 aromatic carbocycles. The van der Waals surface area contributed by atoms with Crippen molar-refractivity contribution >= 4 is 40.4 Å². The fourth-order valence-electron chi connectivity index (χ4n) is 4.44. The van der Waals surface area contributed by atoms with Crippen molar-refractivity contribution in [2.75, 3.05) is 37.2 Å². The molecule has 0 aliphatic carbocycles. The van der Waals surface area contributed by atoms with Crippen molar-refractivity contribution in [3.63, 3.8) is 0 Å². The van der Waals surface area contributed by atoms with Gasteiger partial charge in [0.15, 0.2) is 0 Å². The van der Waals surface area contributed by atoms with E-state index in [2.05, 4.69) is 4.98 Å². The first kappa shape index (κ1) is 23.3. The Morgan fingerprint density at radius 3 is 2.56 bits per heavy atom. The molecule has 0 spiro atoms. The summed E-state index contributed by atoms with van der Waals surface area (Å²) in [5.41, 5.74) is 3.82. The number of ether oxygens (including phenoxy) is 2. The second-order valence-electron chi connectivity index (χ2n) is 8.34. The number of anilines is 2. The molecule has 0 saturated carbocycles. The van der Waals surface area contributed by atoms with Gasteiger partial charge >= 0.3 is 0 Å². The number of benzene rings is 3. The van der Waals surface area contributed by atoms with Crippen LogP contribution in [-0.2, 0) is 14.3 Å². The number of hydrogen-bond donors (Lipinski definition) is 1. The lowest BCUT2D eigenvalue weighted by molar-refractivity contribution is -0.121. The molecule has 0 saturated heterocycles. The highest BCUT2D eigenvalue weighted by atomic mass is 16.5. The van der Waals surface area contributed by atoms with E-state index in [1.165, 1.54) is 4.90 Å². The number of para-hydroxylation sites is 1. The Morgan fingerprint density at radius 1 is 1.03 bits per heavy atom. The molecule has 8 heteroatoms. The van der Waals surface area contributed by atoms with E-state index in [0.29, 0.717) is 36.8 Å². The maximum Gasteiger partial charge on any atom is 0.272 e. The number of carbonyl (C=O) groups excluding carboxylic acids is 2. The van der Waals surface area contributed by atoms with Crippen LogP contribution >= 0.6 is 0 Å². The highest BCUT2D eigenvalue weighted by molar-refractivity contribution is 6.21. The summed E-state index contributed by atoms with van der Waals surface area (Å²) in [5.74, 6) is 0.830. The number of nitrogens with zero attached hydrogens (tertiary/aromatic N) is 3. The Morgan fingerprint density at radius 2 is 1.81 bits per heavy atom. The van der Waals surface area contributed by atoms with E-state index in [9.17, 15) is 9.59 Å². The molecular formula is C28H26N4O4. The van der Waals surface area contributed by atoms with Gasteiger partial charge in [-0.1, -0.05) is 48.5 Å². The van der Waals surface area contributed by atoms with E-state index in [-0.39, 0.29) is 5.91 Å². The van der Waals surface area contributed by atoms with Gasteiger partial charge in [0.05, 0.1) is 25.1 Å². The van der Waals surface area contributed by atoms with Crippen LogP contribution in [-0.4, -0.2) is 56.5 Å². The van der Waals surface area contributed by atoms with Crippen molar-refractivity contribution in [2.24, 2.45) is 4.99 Å². The van der Waals surface area contributed by atoms with E-state index in [0.717, 1.165) is 27.7 Å². The van der Waals surface area contributed by atoms with Gasteiger partial charge in [-0.25, -0.2) is 4.99 Å². The van der Waals surface area contributed by atoms with Crippen LogP contribution in [0.25, 0.3) is 10.9 Å². The van der Waals surface area contributed by atoms with E-state index < -0.39 is 6.17 Å². The van der Waals surface area contributed by atoms with Gasteiger partial charge in [-0.3, -0.25) is 14.5 Å². The summed E-state index contributed by atoms with van der Waals surface area (Å²) in [7, 11) is 3.19. The molecule has 1 unspecified atom stereocenters. The molecule has 1 aliphatic rings. The van der Waals surface area contributed by atoms with Crippen LogP contribution in [0.2, 0.25) is 0 Å². The molecule has 2 amide bonds. The Bertz CT molecular complexity index is 1430. The Hall–Kier alpha value is -4.43. The molecular weight excluding hydrogens is 456 g/mol. The molecule has 4 aromatic rings. The number of methoxy groups -OCH3 is 2. The van der Waals surface area contributed by atoms with Crippen molar-refractivity contribution in [2.45, 2.75) is 6.17 Å². The van der Waals surface area contributed by atoms with E-state index in [1.807, 2.05) is 78.9 Å². The molecule has 0 bridgehead atoms. The lowest BCUT2D eigenvalue weighted by Gasteiger charge is -2.28. The normalized spacial score (nSPS) is 15.3. The SMILES string of the molecule is COCCN1C(=O)C(N(C=O)c2cc3cc(OC)ccc3[nH]2)N=C(c2ccccc2)c2ccccc21. The number of carbonyl (C=O) groups is 2. The van der Waals surface area contributed by atoms with Crippen LogP contribution in [0.1, 0.15) is 11.1 Å². The molecule has 1 N–H and O–H groups in total. The zero-order chi connectivity index (χ0) is 25.1. The highest BCUT2D eigenvalue weighted by Crippen LogP contribution is 2.32. The maximum absolute atomic E-state index is 14.0. The quantitative estimate of drug-likeness (QED) is 0.385.